The lowest BCUT2D eigenvalue weighted by atomic mass is 9.99. The van der Waals surface area contributed by atoms with Gasteiger partial charge in [-0.3, -0.25) is 19.3 Å². The number of pyridine rings is 1. The molecule has 4 heterocycles. The minimum Gasteiger partial charge on any atom is -0.338 e. The molecule has 0 bridgehead atoms. The van der Waals surface area contributed by atoms with Crippen molar-refractivity contribution in [3.8, 4) is 0 Å². The van der Waals surface area contributed by atoms with Crippen LogP contribution < -0.4 is 0 Å². The maximum Gasteiger partial charge on any atom is 0.275 e. The molecule has 2 aromatic heterocycles. The van der Waals surface area contributed by atoms with E-state index in [1.165, 1.54) is 11.1 Å². The predicted molar refractivity (Wildman–Crippen MR) is 129 cm³/mol. The molecular weight excluding hydrogens is 426 g/mol. The molecule has 174 valence electrons. The van der Waals surface area contributed by atoms with Crippen LogP contribution in [0.15, 0.2) is 61.3 Å². The fourth-order valence-corrected chi connectivity index (χ4v) is 4.85. The van der Waals surface area contributed by atoms with Crippen molar-refractivity contribution in [2.45, 2.75) is 45.3 Å². The number of allylic oxidation sites excluding steroid dienone is 1. The first kappa shape index (κ1) is 22.1. The second-order valence-electron chi connectivity index (χ2n) is 8.89. The lowest BCUT2D eigenvalue weighted by Crippen LogP contribution is -2.39. The van der Waals surface area contributed by atoms with Gasteiger partial charge in [0.05, 0.1) is 12.2 Å². The molecule has 0 unspecified atom stereocenters. The average Bonchev–Trinajstić information content (AvgIpc) is 3.24. The van der Waals surface area contributed by atoms with Crippen molar-refractivity contribution < 1.29 is 9.59 Å². The van der Waals surface area contributed by atoms with Crippen molar-refractivity contribution in [2.24, 2.45) is 0 Å². The number of fused-ring (bicyclic) bond motifs is 2. The molecule has 2 aliphatic heterocycles. The molecule has 7 nitrogen and oxygen atoms in total. The summed E-state index contributed by atoms with van der Waals surface area (Å²) in [6.07, 6.45) is 6.13. The van der Waals surface area contributed by atoms with Crippen LogP contribution >= 0.6 is 0 Å². The maximum absolute atomic E-state index is 13.7. The number of aromatic nitrogens is 3. The number of hydrogen-bond donors (Lipinski definition) is 0. The zero-order chi connectivity index (χ0) is 23.5. The number of carbonyl (C=O) groups is 2. The summed E-state index contributed by atoms with van der Waals surface area (Å²) >= 11 is 0. The zero-order valence-corrected chi connectivity index (χ0v) is 19.3. The first-order chi connectivity index (χ1) is 16.6. The molecule has 34 heavy (non-hydrogen) atoms. The van der Waals surface area contributed by atoms with Gasteiger partial charge in [-0.15, -0.1) is 6.58 Å². The molecule has 1 aromatic carbocycles. The third kappa shape index (κ3) is 4.38. The Morgan fingerprint density at radius 1 is 0.971 bits per heavy atom. The molecular formula is C27H29N5O2. The summed E-state index contributed by atoms with van der Waals surface area (Å²) in [5.41, 5.74) is 5.74. The molecule has 0 radical (unpaired) electrons. The van der Waals surface area contributed by atoms with Gasteiger partial charge < -0.3 is 9.80 Å². The lowest BCUT2D eigenvalue weighted by molar-refractivity contribution is -0.132. The Kier molecular flexibility index (Phi) is 6.25. The molecule has 5 rings (SSSR count). The third-order valence-corrected chi connectivity index (χ3v) is 6.71. The summed E-state index contributed by atoms with van der Waals surface area (Å²) in [7, 11) is 0. The van der Waals surface area contributed by atoms with Crippen molar-refractivity contribution in [2.75, 3.05) is 13.1 Å². The van der Waals surface area contributed by atoms with Gasteiger partial charge in [-0.1, -0.05) is 36.4 Å². The Morgan fingerprint density at radius 3 is 2.56 bits per heavy atom. The van der Waals surface area contributed by atoms with E-state index in [2.05, 4.69) is 23.7 Å². The van der Waals surface area contributed by atoms with E-state index in [-0.39, 0.29) is 11.8 Å². The highest BCUT2D eigenvalue weighted by Crippen LogP contribution is 2.27. The van der Waals surface area contributed by atoms with Crippen LogP contribution in [0.25, 0.3) is 0 Å². The van der Waals surface area contributed by atoms with Crippen molar-refractivity contribution in [3.05, 3.63) is 95.1 Å². The van der Waals surface area contributed by atoms with E-state index in [1.807, 2.05) is 44.8 Å². The highest BCUT2D eigenvalue weighted by Gasteiger charge is 2.32. The van der Waals surface area contributed by atoms with Crippen LogP contribution in [0.5, 0.6) is 0 Å². The van der Waals surface area contributed by atoms with Crippen LogP contribution in [0.1, 0.15) is 51.4 Å². The van der Waals surface area contributed by atoms with Gasteiger partial charge >= 0.3 is 0 Å². The van der Waals surface area contributed by atoms with Crippen molar-refractivity contribution in [1.82, 2.24) is 24.6 Å². The van der Waals surface area contributed by atoms with E-state index in [0.717, 1.165) is 23.4 Å². The van der Waals surface area contributed by atoms with Gasteiger partial charge in [0.25, 0.3) is 5.91 Å². The quantitative estimate of drug-likeness (QED) is 0.535. The molecule has 0 fully saturated rings. The van der Waals surface area contributed by atoms with Gasteiger partial charge in [0.2, 0.25) is 5.91 Å². The fraction of sp³-hybridized carbons (Fsp3) is 0.333. The SMILES string of the molecule is C=CCCC(=O)N1CCc2c(c(C(=O)N3CCc4ccccc4C3)nn2Cc2ccccn2)C1. The van der Waals surface area contributed by atoms with Crippen LogP contribution in [-0.4, -0.2) is 49.5 Å². The average molecular weight is 456 g/mol. The van der Waals surface area contributed by atoms with E-state index in [4.69, 9.17) is 5.10 Å². The number of amides is 2. The highest BCUT2D eigenvalue weighted by atomic mass is 16.2. The second-order valence-corrected chi connectivity index (χ2v) is 8.89. The maximum atomic E-state index is 13.7. The molecule has 7 heteroatoms. The summed E-state index contributed by atoms with van der Waals surface area (Å²) in [6, 6.07) is 14.1. The monoisotopic (exact) mass is 455 g/mol. The highest BCUT2D eigenvalue weighted by molar-refractivity contribution is 5.94. The van der Waals surface area contributed by atoms with Crippen LogP contribution in [0.3, 0.4) is 0 Å². The van der Waals surface area contributed by atoms with E-state index in [9.17, 15) is 9.59 Å². The number of carbonyl (C=O) groups excluding carboxylic acids is 2. The summed E-state index contributed by atoms with van der Waals surface area (Å²) in [4.78, 5) is 34.6. The predicted octanol–water partition coefficient (Wildman–Crippen LogP) is 3.38. The summed E-state index contributed by atoms with van der Waals surface area (Å²) in [5.74, 6) is 0.0271. The number of benzene rings is 1. The molecule has 0 saturated carbocycles. The Hall–Kier alpha value is -3.74. The van der Waals surface area contributed by atoms with Gasteiger partial charge in [0, 0.05) is 56.5 Å². The zero-order valence-electron chi connectivity index (χ0n) is 19.3. The molecule has 3 aromatic rings. The minimum absolute atomic E-state index is 0.0640. The Balaban J connectivity index is 1.45. The number of nitrogens with zero attached hydrogens (tertiary/aromatic N) is 5. The lowest BCUT2D eigenvalue weighted by Gasteiger charge is -2.30. The van der Waals surface area contributed by atoms with Gasteiger partial charge in [-0.2, -0.15) is 5.10 Å². The Labute approximate surface area is 199 Å². The summed E-state index contributed by atoms with van der Waals surface area (Å²) in [6.45, 7) is 6.52. The normalized spacial score (nSPS) is 14.9. The Morgan fingerprint density at radius 2 is 1.76 bits per heavy atom. The van der Waals surface area contributed by atoms with Crippen LogP contribution in [0.2, 0.25) is 0 Å². The smallest absolute Gasteiger partial charge is 0.275 e. The topological polar surface area (TPSA) is 71.3 Å². The van der Waals surface area contributed by atoms with Gasteiger partial charge in [-0.05, 0) is 36.1 Å². The molecule has 0 N–H and O–H groups in total. The first-order valence-electron chi connectivity index (χ1n) is 11.9. The molecule has 2 amide bonds. The van der Waals surface area contributed by atoms with Crippen LogP contribution in [0, 0.1) is 0 Å². The van der Waals surface area contributed by atoms with Crippen molar-refractivity contribution >= 4 is 11.8 Å². The summed E-state index contributed by atoms with van der Waals surface area (Å²) < 4.78 is 1.91. The molecule has 0 spiro atoms. The largest absolute Gasteiger partial charge is 0.338 e. The second kappa shape index (κ2) is 9.63. The first-order valence-corrected chi connectivity index (χ1v) is 11.9. The molecule has 2 aliphatic rings. The molecule has 0 saturated heterocycles. The van der Waals surface area contributed by atoms with E-state index >= 15 is 0 Å². The molecule has 0 atom stereocenters. The van der Waals surface area contributed by atoms with E-state index < -0.39 is 0 Å². The number of rotatable bonds is 6. The van der Waals surface area contributed by atoms with E-state index in [0.29, 0.717) is 57.7 Å². The standard InChI is InChI=1S/C27H29N5O2/c1-2-3-11-25(33)30-16-13-24-23(19-30)26(29-32(24)18-22-10-6-7-14-28-22)27(34)31-15-12-20-8-4-5-9-21(20)17-31/h2,4-10,14H,1,3,11-13,15-19H2. The number of hydrogen-bond acceptors (Lipinski definition) is 4. The van der Waals surface area contributed by atoms with Crippen LogP contribution in [-0.2, 0) is 37.3 Å². The summed E-state index contributed by atoms with van der Waals surface area (Å²) in [5, 5.41) is 4.81. The van der Waals surface area contributed by atoms with E-state index in [1.54, 1.807) is 12.3 Å². The van der Waals surface area contributed by atoms with Gasteiger partial charge in [-0.25, -0.2) is 0 Å². The fourth-order valence-electron chi connectivity index (χ4n) is 4.85. The van der Waals surface area contributed by atoms with Crippen molar-refractivity contribution in [3.63, 3.8) is 0 Å². The van der Waals surface area contributed by atoms with Crippen LogP contribution in [0.4, 0.5) is 0 Å². The van der Waals surface area contributed by atoms with Gasteiger partial charge in [0.15, 0.2) is 5.69 Å². The minimum atomic E-state index is -0.0640. The molecule has 0 aliphatic carbocycles. The van der Waals surface area contributed by atoms with Gasteiger partial charge in [0.1, 0.15) is 0 Å². The third-order valence-electron chi connectivity index (χ3n) is 6.71. The Bertz CT molecular complexity index is 1220. The van der Waals surface area contributed by atoms with Crippen molar-refractivity contribution in [1.29, 1.82) is 0 Å².